The number of hydrogen-bond acceptors (Lipinski definition) is 1. The minimum absolute atomic E-state index is 0. The summed E-state index contributed by atoms with van der Waals surface area (Å²) in [6.45, 7) is 32.0. The molecule has 1 nitrogen and oxygen atoms in total. The van der Waals surface area contributed by atoms with Crippen LogP contribution in [0.4, 0.5) is 0 Å². The van der Waals surface area contributed by atoms with Crippen LogP contribution in [0.2, 0.25) is 0 Å². The zero-order valence-corrected chi connectivity index (χ0v) is 33.6. The van der Waals surface area contributed by atoms with E-state index in [2.05, 4.69) is 60.7 Å². The van der Waals surface area contributed by atoms with Crippen molar-refractivity contribution in [1.29, 1.82) is 0 Å². The Hall–Kier alpha value is -2.22. The van der Waals surface area contributed by atoms with E-state index < -0.39 is 5.41 Å². The third-order valence-corrected chi connectivity index (χ3v) is 5.03. The molecule has 0 amide bonds. The van der Waals surface area contributed by atoms with Gasteiger partial charge >= 0.3 is 0 Å². The van der Waals surface area contributed by atoms with Crippen molar-refractivity contribution in [3.05, 3.63) is 131 Å². The molecule has 0 bridgehead atoms. The fourth-order valence-electron chi connectivity index (χ4n) is 3.97. The molecule has 0 saturated heterocycles. The van der Waals surface area contributed by atoms with E-state index in [1.165, 1.54) is 0 Å². The van der Waals surface area contributed by atoms with Crippen molar-refractivity contribution in [3.63, 3.8) is 0 Å². The summed E-state index contributed by atoms with van der Waals surface area (Å²) in [5.74, 6) is 1.75. The van der Waals surface area contributed by atoms with Gasteiger partial charge < -0.3 is 4.74 Å². The summed E-state index contributed by atoms with van der Waals surface area (Å²) < 4.78 is 6.25. The van der Waals surface area contributed by atoms with Crippen LogP contribution in [0.5, 0.6) is 11.5 Å². The van der Waals surface area contributed by atoms with Crippen molar-refractivity contribution in [1.82, 2.24) is 0 Å². The van der Waals surface area contributed by atoms with Crippen molar-refractivity contribution in [2.24, 2.45) is 0 Å². The van der Waals surface area contributed by atoms with Gasteiger partial charge in [0.15, 0.2) is 0 Å². The fraction of sp³-hybridized carbons (Fsp3) is 0.415. The van der Waals surface area contributed by atoms with Crippen molar-refractivity contribution in [3.8, 4) is 11.5 Å². The van der Waals surface area contributed by atoms with Crippen LogP contribution in [-0.2, 0) is 38.1 Å². The third kappa shape index (κ3) is 14.0. The Balaban J connectivity index is -0.000000248. The molecular weight excluding hydrogens is 597 g/mol. The number of rotatable bonds is 2. The molecule has 0 spiro atoms. The van der Waals surface area contributed by atoms with Gasteiger partial charge in [-0.05, 0) is 12.1 Å². The largest absolute Gasteiger partial charge is 0.457 e. The second-order valence-corrected chi connectivity index (χ2v) is 6.40. The predicted molar refractivity (Wildman–Crippen MR) is 193 cm³/mol. The zero-order valence-electron chi connectivity index (χ0n) is 30.7. The van der Waals surface area contributed by atoms with Crippen LogP contribution in [-0.4, -0.2) is 0 Å². The van der Waals surface area contributed by atoms with Crippen LogP contribution in [0.1, 0.15) is 133 Å². The Morgan fingerprint density at radius 1 is 0.395 bits per heavy atom. The second-order valence-electron chi connectivity index (χ2n) is 6.40. The molecule has 0 saturated carbocycles. The van der Waals surface area contributed by atoms with Gasteiger partial charge in [-0.2, -0.15) is 60.7 Å². The molecule has 5 rings (SSSR count). The van der Waals surface area contributed by atoms with E-state index in [-0.39, 0.29) is 32.7 Å². The van der Waals surface area contributed by atoms with Crippen LogP contribution < -0.4 is 4.74 Å². The summed E-state index contributed by atoms with van der Waals surface area (Å²) in [7, 11) is 0. The predicted octanol–water partition coefficient (Wildman–Crippen LogP) is 14.0. The van der Waals surface area contributed by atoms with Crippen molar-refractivity contribution in [2.75, 3.05) is 0 Å². The average molecular weight is 662 g/mol. The molecule has 0 atom stereocenters. The van der Waals surface area contributed by atoms with E-state index >= 15 is 0 Å². The van der Waals surface area contributed by atoms with Crippen LogP contribution in [0.25, 0.3) is 0 Å². The molecule has 2 heteroatoms. The van der Waals surface area contributed by atoms with Crippen molar-refractivity contribution >= 4 is 0 Å². The van der Waals surface area contributed by atoms with Gasteiger partial charge in [-0.1, -0.05) is 147 Å². The van der Waals surface area contributed by atoms with E-state index in [1.54, 1.807) is 0 Å². The summed E-state index contributed by atoms with van der Waals surface area (Å²) in [5.41, 5.74) is 3.90. The first-order valence-corrected chi connectivity index (χ1v) is 16.7. The SMILES string of the molecule is CC.CC.CC.CC.CC.CC.CC.CC.[Y].[c-]1ccccc1C1(c2[c-]cccc2)c2ccccc2Oc2ccccc21. The number of ether oxygens (including phenoxy) is 1. The maximum atomic E-state index is 6.25. The third-order valence-electron chi connectivity index (χ3n) is 5.03. The number of benzene rings is 4. The molecule has 0 aromatic heterocycles. The van der Waals surface area contributed by atoms with Crippen LogP contribution in [0, 0.1) is 12.1 Å². The van der Waals surface area contributed by atoms with Gasteiger partial charge in [0.1, 0.15) is 11.5 Å². The Morgan fingerprint density at radius 2 is 0.674 bits per heavy atom. The molecule has 43 heavy (non-hydrogen) atoms. The zero-order chi connectivity index (χ0) is 33.4. The average Bonchev–Trinajstić information content (AvgIpc) is 3.15. The van der Waals surface area contributed by atoms with E-state index in [9.17, 15) is 0 Å². The Bertz CT molecular complexity index is 972. The first kappa shape index (κ1) is 50.4. The summed E-state index contributed by atoms with van der Waals surface area (Å²) in [5, 5.41) is 0. The number of hydrogen-bond donors (Lipinski definition) is 0. The van der Waals surface area contributed by atoms with E-state index in [0.29, 0.717) is 0 Å². The standard InChI is InChI=1S/C25H16O.8C2H6.Y/c1-3-11-19(12-4-1)25(20-13-5-2-6-14-20)21-15-7-9-17-23(21)26-24-18-10-8-16-22(24)25;8*1-2;/h1-11,13,15-18H;8*1-2H3;/q-2;;;;;;;;;. The maximum Gasteiger partial charge on any atom is 0.132 e. The van der Waals surface area contributed by atoms with Gasteiger partial charge in [-0.25, -0.2) is 0 Å². The molecule has 1 aliphatic rings. The molecular formula is C41H64OY-2. The number of para-hydroxylation sites is 2. The molecule has 4 aromatic rings. The molecule has 0 fully saturated rings. The van der Waals surface area contributed by atoms with Gasteiger partial charge in [-0.15, -0.1) is 11.1 Å². The smallest absolute Gasteiger partial charge is 0.132 e. The first-order chi connectivity index (χ1) is 20.9. The van der Waals surface area contributed by atoms with Crippen LogP contribution in [0.3, 0.4) is 0 Å². The molecule has 1 heterocycles. The Labute approximate surface area is 294 Å². The van der Waals surface area contributed by atoms with Gasteiger partial charge in [0, 0.05) is 49.3 Å². The van der Waals surface area contributed by atoms with E-state index in [1.807, 2.05) is 159 Å². The second kappa shape index (κ2) is 36.0. The minimum Gasteiger partial charge on any atom is -0.457 e. The monoisotopic (exact) mass is 661 g/mol. The molecule has 239 valence electrons. The molecule has 0 unspecified atom stereocenters. The van der Waals surface area contributed by atoms with Crippen molar-refractivity contribution in [2.45, 2.75) is 116 Å². The Kier molecular flexibility index (Phi) is 42.2. The summed E-state index contributed by atoms with van der Waals surface area (Å²) in [6.07, 6.45) is 0. The van der Waals surface area contributed by atoms with Gasteiger partial charge in [0.25, 0.3) is 0 Å². The maximum absolute atomic E-state index is 6.25. The molecule has 0 N–H and O–H groups in total. The van der Waals surface area contributed by atoms with Crippen molar-refractivity contribution < 1.29 is 37.4 Å². The Morgan fingerprint density at radius 3 is 0.953 bits per heavy atom. The normalized spacial score (nSPS) is 9.58. The topological polar surface area (TPSA) is 9.23 Å². The fourth-order valence-corrected chi connectivity index (χ4v) is 3.97. The summed E-state index contributed by atoms with van der Waals surface area (Å²) in [6, 6.07) is 39.9. The van der Waals surface area contributed by atoms with Crippen LogP contribution in [0.15, 0.2) is 97.1 Å². The van der Waals surface area contributed by atoms with E-state index in [4.69, 9.17) is 4.74 Å². The molecule has 0 aliphatic carbocycles. The van der Waals surface area contributed by atoms with E-state index in [0.717, 1.165) is 33.8 Å². The molecule has 4 aromatic carbocycles. The van der Waals surface area contributed by atoms with Gasteiger partial charge in [0.05, 0.1) is 0 Å². The number of fused-ring (bicyclic) bond motifs is 2. The molecule has 1 radical (unpaired) electrons. The summed E-state index contributed by atoms with van der Waals surface area (Å²) >= 11 is 0. The molecule has 1 aliphatic heterocycles. The van der Waals surface area contributed by atoms with Gasteiger partial charge in [0.2, 0.25) is 0 Å². The first-order valence-electron chi connectivity index (χ1n) is 16.7. The minimum atomic E-state index is -0.506. The van der Waals surface area contributed by atoms with Crippen LogP contribution >= 0.6 is 0 Å². The van der Waals surface area contributed by atoms with Gasteiger partial charge in [-0.3, -0.25) is 0 Å². The summed E-state index contributed by atoms with van der Waals surface area (Å²) in [4.78, 5) is 0. The quantitative estimate of drug-likeness (QED) is 0.171.